The van der Waals surface area contributed by atoms with Crippen LogP contribution in [-0.2, 0) is 31.9 Å². The fourth-order valence-corrected chi connectivity index (χ4v) is 5.25. The molecular formula is C24H29F3N2O4S. The van der Waals surface area contributed by atoms with Gasteiger partial charge in [-0.3, -0.25) is 9.52 Å². The normalized spacial score (nSPS) is 15.9. The van der Waals surface area contributed by atoms with Crippen molar-refractivity contribution in [2.45, 2.75) is 57.7 Å². The average Bonchev–Trinajstić information content (AvgIpc) is 2.72. The van der Waals surface area contributed by atoms with E-state index >= 15 is 0 Å². The molecule has 3 rings (SSSR count). The van der Waals surface area contributed by atoms with Gasteiger partial charge in [0.2, 0.25) is 5.91 Å². The highest BCUT2D eigenvalue weighted by Crippen LogP contribution is 2.38. The lowest BCUT2D eigenvalue weighted by Gasteiger charge is -2.33. The molecule has 1 N–H and O–H groups in total. The predicted molar refractivity (Wildman–Crippen MR) is 124 cm³/mol. The van der Waals surface area contributed by atoms with E-state index in [0.29, 0.717) is 31.5 Å². The van der Waals surface area contributed by atoms with E-state index in [1.54, 1.807) is 56.0 Å². The van der Waals surface area contributed by atoms with Gasteiger partial charge in [0.15, 0.2) is 0 Å². The number of benzene rings is 2. The van der Waals surface area contributed by atoms with E-state index < -0.39 is 27.6 Å². The molecule has 0 radical (unpaired) electrons. The lowest BCUT2D eigenvalue weighted by Crippen LogP contribution is -2.39. The minimum Gasteiger partial charge on any atom is -0.342 e. The number of carbonyl (C=O) groups excluding carboxylic acids is 1. The number of halogens is 3. The molecule has 1 fully saturated rings. The Hall–Kier alpha value is -2.59. The van der Waals surface area contributed by atoms with Crippen LogP contribution in [0.3, 0.4) is 0 Å². The number of rotatable bonds is 6. The highest BCUT2D eigenvalue weighted by atomic mass is 32.2. The molecule has 0 unspecified atom stereocenters. The molecule has 0 aromatic heterocycles. The van der Waals surface area contributed by atoms with Crippen molar-refractivity contribution in [3.05, 3.63) is 65.2 Å². The molecule has 1 amide bonds. The number of carbonyl (C=O) groups is 1. The van der Waals surface area contributed by atoms with Crippen LogP contribution in [0.5, 0.6) is 0 Å². The standard InChI is InChI=1S/C24H29F3N2O4S/c1-23(2,3)33-34(31,32)28-21-11-7-4-8-18(21)16-22(30)29-14-12-17(13-15-29)19-9-5-6-10-20(19)24(25,26)27/h4-11,17,28H,12-16H2,1-3H3. The van der Waals surface area contributed by atoms with E-state index in [1.165, 1.54) is 12.1 Å². The van der Waals surface area contributed by atoms with Crippen LogP contribution in [0.4, 0.5) is 18.9 Å². The average molecular weight is 499 g/mol. The molecule has 1 heterocycles. The van der Waals surface area contributed by atoms with Crippen molar-refractivity contribution in [2.75, 3.05) is 17.8 Å². The molecule has 1 aliphatic rings. The lowest BCUT2D eigenvalue weighted by molar-refractivity contribution is -0.139. The molecule has 0 saturated carbocycles. The number of hydrogen-bond acceptors (Lipinski definition) is 4. The summed E-state index contributed by atoms with van der Waals surface area (Å²) in [4.78, 5) is 14.5. The zero-order valence-corrected chi connectivity index (χ0v) is 20.2. The molecule has 1 saturated heterocycles. The number of piperidine rings is 1. The minimum absolute atomic E-state index is 0.0436. The van der Waals surface area contributed by atoms with Crippen molar-refractivity contribution < 1.29 is 30.6 Å². The second-order valence-corrected chi connectivity index (χ2v) is 10.6. The Bertz CT molecular complexity index is 1120. The van der Waals surface area contributed by atoms with Gasteiger partial charge in [-0.25, -0.2) is 4.18 Å². The first kappa shape index (κ1) is 26.0. The van der Waals surface area contributed by atoms with Crippen molar-refractivity contribution in [3.8, 4) is 0 Å². The van der Waals surface area contributed by atoms with E-state index in [-0.39, 0.29) is 29.5 Å². The lowest BCUT2D eigenvalue weighted by atomic mass is 9.86. The number of hydrogen-bond donors (Lipinski definition) is 1. The summed E-state index contributed by atoms with van der Waals surface area (Å²) in [5.74, 6) is -0.499. The molecule has 1 aliphatic heterocycles. The molecule has 0 atom stereocenters. The number of likely N-dealkylation sites (tertiary alicyclic amines) is 1. The predicted octanol–water partition coefficient (Wildman–Crippen LogP) is 5.13. The fraction of sp³-hybridized carbons (Fsp3) is 0.458. The van der Waals surface area contributed by atoms with Crippen LogP contribution < -0.4 is 4.72 Å². The molecule has 0 aliphatic carbocycles. The van der Waals surface area contributed by atoms with Crippen molar-refractivity contribution in [3.63, 3.8) is 0 Å². The molecule has 6 nitrogen and oxygen atoms in total. The molecule has 0 bridgehead atoms. The summed E-state index contributed by atoms with van der Waals surface area (Å²) in [5, 5.41) is 0. The van der Waals surface area contributed by atoms with Crippen molar-refractivity contribution >= 4 is 21.9 Å². The smallest absolute Gasteiger partial charge is 0.342 e. The summed E-state index contributed by atoms with van der Waals surface area (Å²) in [5.41, 5.74) is -0.558. The minimum atomic E-state index is -4.42. The summed E-state index contributed by atoms with van der Waals surface area (Å²) in [6.45, 7) is 5.49. The molecular weight excluding hydrogens is 469 g/mol. The van der Waals surface area contributed by atoms with Gasteiger partial charge in [-0.2, -0.15) is 21.6 Å². The molecule has 186 valence electrons. The van der Waals surface area contributed by atoms with E-state index in [9.17, 15) is 26.4 Å². The molecule has 2 aromatic carbocycles. The van der Waals surface area contributed by atoms with Gasteiger partial charge in [0.25, 0.3) is 0 Å². The van der Waals surface area contributed by atoms with Gasteiger partial charge in [0.05, 0.1) is 23.3 Å². The Balaban J connectivity index is 1.66. The number of amides is 1. The van der Waals surface area contributed by atoms with Crippen molar-refractivity contribution in [2.24, 2.45) is 0 Å². The third-order valence-corrected chi connectivity index (χ3v) is 6.70. The Morgan fingerprint density at radius 1 is 1.03 bits per heavy atom. The maximum atomic E-state index is 13.4. The van der Waals surface area contributed by atoms with Crippen molar-refractivity contribution in [1.29, 1.82) is 0 Å². The third kappa shape index (κ3) is 6.96. The van der Waals surface area contributed by atoms with Gasteiger partial charge < -0.3 is 4.90 Å². The molecule has 10 heteroatoms. The largest absolute Gasteiger partial charge is 0.416 e. The fourth-order valence-electron chi connectivity index (χ4n) is 4.08. The maximum Gasteiger partial charge on any atom is 0.416 e. The zero-order chi connectivity index (χ0) is 25.1. The zero-order valence-electron chi connectivity index (χ0n) is 19.4. The summed E-state index contributed by atoms with van der Waals surface area (Å²) in [7, 11) is -4.10. The van der Waals surface area contributed by atoms with Crippen LogP contribution in [0.1, 0.15) is 56.2 Å². The summed E-state index contributed by atoms with van der Waals surface area (Å²) >= 11 is 0. The van der Waals surface area contributed by atoms with Crippen LogP contribution >= 0.6 is 0 Å². The van der Waals surface area contributed by atoms with Crippen LogP contribution in [0, 0.1) is 0 Å². The van der Waals surface area contributed by atoms with E-state index in [4.69, 9.17) is 4.18 Å². The van der Waals surface area contributed by atoms with E-state index in [2.05, 4.69) is 4.72 Å². The van der Waals surface area contributed by atoms with Gasteiger partial charge in [0.1, 0.15) is 0 Å². The second kappa shape index (κ2) is 9.95. The highest BCUT2D eigenvalue weighted by molar-refractivity contribution is 7.88. The Labute approximate surface area is 198 Å². The van der Waals surface area contributed by atoms with Gasteiger partial charge in [-0.1, -0.05) is 36.4 Å². The van der Waals surface area contributed by atoms with Crippen LogP contribution in [0.25, 0.3) is 0 Å². The number of alkyl halides is 3. The Kier molecular flexibility index (Phi) is 7.62. The van der Waals surface area contributed by atoms with Gasteiger partial charge in [0, 0.05) is 13.1 Å². The second-order valence-electron chi connectivity index (χ2n) is 9.33. The van der Waals surface area contributed by atoms with E-state index in [1.807, 2.05) is 0 Å². The molecule has 34 heavy (non-hydrogen) atoms. The first-order chi connectivity index (χ1) is 15.8. The van der Waals surface area contributed by atoms with Crippen LogP contribution in [-0.4, -0.2) is 37.9 Å². The molecule has 0 spiro atoms. The quantitative estimate of drug-likeness (QED) is 0.600. The molecule has 2 aromatic rings. The number of nitrogens with one attached hydrogen (secondary N) is 1. The highest BCUT2D eigenvalue weighted by Gasteiger charge is 2.36. The first-order valence-corrected chi connectivity index (χ1v) is 12.4. The topological polar surface area (TPSA) is 75.7 Å². The summed E-state index contributed by atoms with van der Waals surface area (Å²) in [6, 6.07) is 12.1. The van der Waals surface area contributed by atoms with Crippen LogP contribution in [0.2, 0.25) is 0 Å². The first-order valence-electron chi connectivity index (χ1n) is 11.0. The van der Waals surface area contributed by atoms with E-state index in [0.717, 1.165) is 6.07 Å². The maximum absolute atomic E-state index is 13.4. The number of nitrogens with zero attached hydrogens (tertiary/aromatic N) is 1. The SMILES string of the molecule is CC(C)(C)OS(=O)(=O)Nc1ccccc1CC(=O)N1CCC(c2ccccc2C(F)(F)F)CC1. The number of para-hydroxylation sites is 1. The van der Waals surface area contributed by atoms with Crippen molar-refractivity contribution in [1.82, 2.24) is 4.90 Å². The monoisotopic (exact) mass is 498 g/mol. The van der Waals surface area contributed by atoms with Gasteiger partial charge in [-0.15, -0.1) is 0 Å². The Morgan fingerprint density at radius 2 is 1.62 bits per heavy atom. The Morgan fingerprint density at radius 3 is 2.24 bits per heavy atom. The third-order valence-electron chi connectivity index (χ3n) is 5.51. The van der Waals surface area contributed by atoms with Crippen LogP contribution in [0.15, 0.2) is 48.5 Å². The number of anilines is 1. The summed E-state index contributed by atoms with van der Waals surface area (Å²) in [6.07, 6.45) is -3.62. The summed E-state index contributed by atoms with van der Waals surface area (Å²) < 4.78 is 72.2. The van der Waals surface area contributed by atoms with Gasteiger partial charge >= 0.3 is 16.5 Å². The van der Waals surface area contributed by atoms with Gasteiger partial charge in [-0.05, 0) is 62.8 Å².